The summed E-state index contributed by atoms with van der Waals surface area (Å²) in [6.45, 7) is 7.68. The Labute approximate surface area is 120 Å². The molecule has 0 aliphatic heterocycles. The molecular formula is C16H23ClN2. The minimum atomic E-state index is 0.484. The second-order valence-electron chi connectivity index (χ2n) is 5.70. The zero-order valence-corrected chi connectivity index (χ0v) is 12.9. The van der Waals surface area contributed by atoms with Gasteiger partial charge in [0.25, 0.3) is 0 Å². The molecule has 1 aromatic heterocycles. The Balaban J connectivity index is 2.16. The lowest BCUT2D eigenvalue weighted by Gasteiger charge is -2.09. The molecule has 0 bridgehead atoms. The van der Waals surface area contributed by atoms with E-state index in [0.717, 1.165) is 23.8 Å². The van der Waals surface area contributed by atoms with Gasteiger partial charge in [-0.25, -0.2) is 4.98 Å². The molecular weight excluding hydrogens is 256 g/mol. The first-order valence-corrected chi connectivity index (χ1v) is 7.67. The van der Waals surface area contributed by atoms with Gasteiger partial charge < -0.3 is 4.57 Å². The normalized spacial score (nSPS) is 11.6. The number of alkyl halides is 1. The highest BCUT2D eigenvalue weighted by Crippen LogP contribution is 2.20. The van der Waals surface area contributed by atoms with E-state index in [0.29, 0.717) is 5.88 Å². The van der Waals surface area contributed by atoms with Gasteiger partial charge >= 0.3 is 0 Å². The third-order valence-corrected chi connectivity index (χ3v) is 3.75. The maximum Gasteiger partial charge on any atom is 0.124 e. The third-order valence-electron chi connectivity index (χ3n) is 3.52. The summed E-state index contributed by atoms with van der Waals surface area (Å²) in [5, 5.41) is 0. The zero-order chi connectivity index (χ0) is 13.8. The van der Waals surface area contributed by atoms with Crippen molar-refractivity contribution in [1.29, 1.82) is 0 Å². The second kappa shape index (κ2) is 6.42. The van der Waals surface area contributed by atoms with Crippen molar-refractivity contribution in [2.45, 2.75) is 52.5 Å². The maximum absolute atomic E-state index is 6.02. The summed E-state index contributed by atoms with van der Waals surface area (Å²) in [6, 6.07) is 6.44. The molecule has 0 aliphatic carbocycles. The molecule has 0 saturated carbocycles. The molecule has 0 N–H and O–H groups in total. The fourth-order valence-electron chi connectivity index (χ4n) is 2.46. The average Bonchev–Trinajstić information content (AvgIpc) is 2.71. The van der Waals surface area contributed by atoms with Crippen LogP contribution in [-0.4, -0.2) is 9.55 Å². The molecule has 0 atom stereocenters. The number of rotatable bonds is 6. The fourth-order valence-corrected chi connectivity index (χ4v) is 2.67. The van der Waals surface area contributed by atoms with Crippen LogP contribution in [-0.2, 0) is 12.4 Å². The van der Waals surface area contributed by atoms with E-state index in [9.17, 15) is 0 Å². The standard InChI is InChI=1S/C16H23ClN2/c1-12(2)6-4-5-9-19-15-8-7-13(3)10-14(15)18-16(19)11-17/h7-8,10,12H,4-6,9,11H2,1-3H3. The number of unbranched alkanes of at least 4 members (excludes halogenated alkanes) is 1. The summed E-state index contributed by atoms with van der Waals surface area (Å²) >= 11 is 6.02. The molecule has 104 valence electrons. The Morgan fingerprint density at radius 2 is 2.05 bits per heavy atom. The van der Waals surface area contributed by atoms with Crippen LogP contribution >= 0.6 is 11.6 Å². The molecule has 0 aliphatic rings. The van der Waals surface area contributed by atoms with Gasteiger partial charge in [0.1, 0.15) is 5.82 Å². The number of fused-ring (bicyclic) bond motifs is 1. The van der Waals surface area contributed by atoms with Crippen LogP contribution < -0.4 is 0 Å². The molecule has 0 amide bonds. The monoisotopic (exact) mass is 278 g/mol. The highest BCUT2D eigenvalue weighted by molar-refractivity contribution is 6.16. The number of hydrogen-bond acceptors (Lipinski definition) is 1. The number of aromatic nitrogens is 2. The Kier molecular flexibility index (Phi) is 4.87. The lowest BCUT2D eigenvalue weighted by atomic mass is 10.1. The fraction of sp³-hybridized carbons (Fsp3) is 0.562. The SMILES string of the molecule is Cc1ccc2c(c1)nc(CCl)n2CCCCC(C)C. The largest absolute Gasteiger partial charge is 0.327 e. The summed E-state index contributed by atoms with van der Waals surface area (Å²) < 4.78 is 2.28. The summed E-state index contributed by atoms with van der Waals surface area (Å²) in [4.78, 5) is 4.64. The summed E-state index contributed by atoms with van der Waals surface area (Å²) in [7, 11) is 0. The average molecular weight is 279 g/mol. The van der Waals surface area contributed by atoms with E-state index in [2.05, 4.69) is 48.5 Å². The lowest BCUT2D eigenvalue weighted by Crippen LogP contribution is -2.03. The summed E-state index contributed by atoms with van der Waals surface area (Å²) in [5.74, 6) is 2.26. The molecule has 2 aromatic rings. The van der Waals surface area contributed by atoms with Gasteiger partial charge in [0.2, 0.25) is 0 Å². The topological polar surface area (TPSA) is 17.8 Å². The molecule has 19 heavy (non-hydrogen) atoms. The highest BCUT2D eigenvalue weighted by Gasteiger charge is 2.09. The number of benzene rings is 1. The van der Waals surface area contributed by atoms with Gasteiger partial charge in [0.15, 0.2) is 0 Å². The predicted molar refractivity (Wildman–Crippen MR) is 82.7 cm³/mol. The van der Waals surface area contributed by atoms with Gasteiger partial charge in [-0.3, -0.25) is 0 Å². The number of hydrogen-bond donors (Lipinski definition) is 0. The van der Waals surface area contributed by atoms with Crippen molar-refractivity contribution >= 4 is 22.6 Å². The Morgan fingerprint density at radius 1 is 1.26 bits per heavy atom. The van der Waals surface area contributed by atoms with Crippen molar-refractivity contribution in [2.75, 3.05) is 0 Å². The van der Waals surface area contributed by atoms with Crippen LogP contribution in [0.25, 0.3) is 11.0 Å². The van der Waals surface area contributed by atoms with Crippen molar-refractivity contribution in [1.82, 2.24) is 9.55 Å². The third kappa shape index (κ3) is 3.50. The van der Waals surface area contributed by atoms with E-state index < -0.39 is 0 Å². The van der Waals surface area contributed by atoms with Gasteiger partial charge in [-0.1, -0.05) is 32.8 Å². The van der Waals surface area contributed by atoms with Crippen molar-refractivity contribution in [3.63, 3.8) is 0 Å². The van der Waals surface area contributed by atoms with Crippen molar-refractivity contribution in [3.8, 4) is 0 Å². The number of aryl methyl sites for hydroxylation is 2. The number of halogens is 1. The molecule has 1 heterocycles. The Hall–Kier alpha value is -1.02. The van der Waals surface area contributed by atoms with Crippen LogP contribution in [0.15, 0.2) is 18.2 Å². The minimum Gasteiger partial charge on any atom is -0.327 e. The Bertz CT molecular complexity index is 543. The first-order valence-electron chi connectivity index (χ1n) is 7.13. The van der Waals surface area contributed by atoms with Crippen molar-refractivity contribution in [3.05, 3.63) is 29.6 Å². The predicted octanol–water partition coefficient (Wildman–Crippen LogP) is 4.91. The smallest absolute Gasteiger partial charge is 0.124 e. The first kappa shape index (κ1) is 14.4. The lowest BCUT2D eigenvalue weighted by molar-refractivity contribution is 0.509. The van der Waals surface area contributed by atoms with Crippen LogP contribution in [0.3, 0.4) is 0 Å². The first-order chi connectivity index (χ1) is 9.11. The van der Waals surface area contributed by atoms with Gasteiger partial charge in [0, 0.05) is 6.54 Å². The maximum atomic E-state index is 6.02. The minimum absolute atomic E-state index is 0.484. The Morgan fingerprint density at radius 3 is 2.74 bits per heavy atom. The molecule has 0 spiro atoms. The van der Waals surface area contributed by atoms with Crippen molar-refractivity contribution in [2.24, 2.45) is 5.92 Å². The van der Waals surface area contributed by atoms with E-state index in [1.54, 1.807) is 0 Å². The van der Waals surface area contributed by atoms with E-state index in [1.165, 1.54) is 30.3 Å². The molecule has 0 saturated heterocycles. The number of imidazole rings is 1. The van der Waals surface area contributed by atoms with Gasteiger partial charge in [-0.15, -0.1) is 11.6 Å². The molecule has 0 radical (unpaired) electrons. The zero-order valence-electron chi connectivity index (χ0n) is 12.1. The van der Waals surface area contributed by atoms with E-state index in [-0.39, 0.29) is 0 Å². The quantitative estimate of drug-likeness (QED) is 0.542. The van der Waals surface area contributed by atoms with Crippen LogP contribution in [0.1, 0.15) is 44.5 Å². The number of nitrogens with zero attached hydrogens (tertiary/aromatic N) is 2. The molecule has 3 heteroatoms. The highest BCUT2D eigenvalue weighted by atomic mass is 35.5. The van der Waals surface area contributed by atoms with Crippen LogP contribution in [0.2, 0.25) is 0 Å². The molecule has 2 nitrogen and oxygen atoms in total. The van der Waals surface area contributed by atoms with E-state index in [4.69, 9.17) is 11.6 Å². The second-order valence-corrected chi connectivity index (χ2v) is 5.96. The molecule has 1 aromatic carbocycles. The molecule has 0 unspecified atom stereocenters. The summed E-state index contributed by atoms with van der Waals surface area (Å²) in [6.07, 6.45) is 3.76. The molecule has 0 fully saturated rings. The summed E-state index contributed by atoms with van der Waals surface area (Å²) in [5.41, 5.74) is 3.53. The van der Waals surface area contributed by atoms with Gasteiger partial charge in [0.05, 0.1) is 16.9 Å². The van der Waals surface area contributed by atoms with Gasteiger partial charge in [-0.2, -0.15) is 0 Å². The van der Waals surface area contributed by atoms with Crippen LogP contribution in [0.5, 0.6) is 0 Å². The van der Waals surface area contributed by atoms with E-state index in [1.807, 2.05) is 0 Å². The van der Waals surface area contributed by atoms with Crippen LogP contribution in [0.4, 0.5) is 0 Å². The van der Waals surface area contributed by atoms with E-state index >= 15 is 0 Å². The van der Waals surface area contributed by atoms with Gasteiger partial charge in [-0.05, 0) is 37.0 Å². The van der Waals surface area contributed by atoms with Crippen LogP contribution in [0, 0.1) is 12.8 Å². The van der Waals surface area contributed by atoms with Crippen molar-refractivity contribution < 1.29 is 0 Å². The molecule has 2 rings (SSSR count).